The number of carbonyl (C=O) groups is 1. The van der Waals surface area contributed by atoms with E-state index in [0.29, 0.717) is 9.80 Å². The van der Waals surface area contributed by atoms with Gasteiger partial charge in [-0.1, -0.05) is 17.4 Å². The number of hydrogen-bond acceptors (Lipinski definition) is 6. The SMILES string of the molecule is O=C(Nc1nnc(-c2cccs2)s1)c1ccc(Br)o1. The molecule has 0 atom stereocenters. The lowest BCUT2D eigenvalue weighted by Crippen LogP contribution is -2.10. The first-order valence-corrected chi connectivity index (χ1v) is 7.65. The van der Waals surface area contributed by atoms with E-state index in [-0.39, 0.29) is 11.7 Å². The second-order valence-corrected chi connectivity index (χ2v) is 6.15. The molecule has 0 bridgehead atoms. The van der Waals surface area contributed by atoms with Crippen molar-refractivity contribution in [3.8, 4) is 9.88 Å². The van der Waals surface area contributed by atoms with E-state index in [1.807, 2.05) is 17.5 Å². The Morgan fingerprint density at radius 1 is 1.32 bits per heavy atom. The molecule has 8 heteroatoms. The average molecular weight is 356 g/mol. The quantitative estimate of drug-likeness (QED) is 0.774. The first kappa shape index (κ1) is 12.5. The summed E-state index contributed by atoms with van der Waals surface area (Å²) in [6.07, 6.45) is 0. The fourth-order valence-corrected chi connectivity index (χ4v) is 3.21. The number of hydrogen-bond donors (Lipinski definition) is 1. The Balaban J connectivity index is 1.76. The predicted octanol–water partition coefficient (Wildman–Crippen LogP) is 3.87. The van der Waals surface area contributed by atoms with Gasteiger partial charge in [-0.25, -0.2) is 0 Å². The third-order valence-corrected chi connectivity index (χ3v) is 4.48. The maximum Gasteiger partial charge on any atom is 0.293 e. The molecule has 0 aliphatic rings. The number of nitrogens with one attached hydrogen (secondary N) is 1. The monoisotopic (exact) mass is 355 g/mol. The van der Waals surface area contributed by atoms with Crippen LogP contribution in [-0.4, -0.2) is 16.1 Å². The molecule has 0 saturated heterocycles. The summed E-state index contributed by atoms with van der Waals surface area (Å²) in [7, 11) is 0. The van der Waals surface area contributed by atoms with Crippen molar-refractivity contribution in [3.63, 3.8) is 0 Å². The minimum absolute atomic E-state index is 0.222. The van der Waals surface area contributed by atoms with E-state index in [4.69, 9.17) is 4.42 Å². The summed E-state index contributed by atoms with van der Waals surface area (Å²) in [5.74, 6) is -0.126. The molecule has 0 aliphatic carbocycles. The van der Waals surface area contributed by atoms with Crippen LogP contribution < -0.4 is 5.32 Å². The highest BCUT2D eigenvalue weighted by molar-refractivity contribution is 9.10. The maximum atomic E-state index is 11.8. The third kappa shape index (κ3) is 2.75. The van der Waals surface area contributed by atoms with Gasteiger partial charge in [-0.05, 0) is 39.5 Å². The van der Waals surface area contributed by atoms with Gasteiger partial charge >= 0.3 is 0 Å². The van der Waals surface area contributed by atoms with Gasteiger partial charge < -0.3 is 4.42 Å². The van der Waals surface area contributed by atoms with Crippen molar-refractivity contribution in [3.05, 3.63) is 40.1 Å². The second kappa shape index (κ2) is 5.24. The summed E-state index contributed by atoms with van der Waals surface area (Å²) in [6.45, 7) is 0. The molecule has 1 N–H and O–H groups in total. The number of amides is 1. The number of thiophene rings is 1. The molecule has 0 radical (unpaired) electrons. The molecule has 3 heterocycles. The summed E-state index contributed by atoms with van der Waals surface area (Å²) in [6, 6.07) is 7.15. The Morgan fingerprint density at radius 2 is 2.21 bits per heavy atom. The van der Waals surface area contributed by atoms with Gasteiger partial charge in [0.2, 0.25) is 5.13 Å². The zero-order valence-electron chi connectivity index (χ0n) is 9.29. The van der Waals surface area contributed by atoms with Gasteiger partial charge in [-0.2, -0.15) is 0 Å². The first-order valence-electron chi connectivity index (χ1n) is 5.16. The van der Waals surface area contributed by atoms with Crippen LogP contribution in [0.25, 0.3) is 9.88 Å². The van der Waals surface area contributed by atoms with Crippen LogP contribution in [0, 0.1) is 0 Å². The number of aromatic nitrogens is 2. The smallest absolute Gasteiger partial charge is 0.293 e. The van der Waals surface area contributed by atoms with E-state index in [0.717, 1.165) is 9.88 Å². The lowest BCUT2D eigenvalue weighted by atomic mass is 10.4. The van der Waals surface area contributed by atoms with Crippen molar-refractivity contribution in [2.24, 2.45) is 0 Å². The zero-order valence-corrected chi connectivity index (χ0v) is 12.5. The minimum Gasteiger partial charge on any atom is -0.444 e. The second-order valence-electron chi connectivity index (χ2n) is 3.45. The third-order valence-electron chi connectivity index (χ3n) is 2.17. The maximum absolute atomic E-state index is 11.8. The Morgan fingerprint density at radius 3 is 2.89 bits per heavy atom. The lowest BCUT2D eigenvalue weighted by Gasteiger charge is -1.95. The summed E-state index contributed by atoms with van der Waals surface area (Å²) >= 11 is 6.05. The molecular formula is C11H6BrN3O2S2. The molecule has 0 saturated carbocycles. The van der Waals surface area contributed by atoms with E-state index in [1.54, 1.807) is 23.5 Å². The van der Waals surface area contributed by atoms with Crippen LogP contribution >= 0.6 is 38.6 Å². The molecule has 0 spiro atoms. The Hall–Kier alpha value is -1.51. The molecule has 5 nitrogen and oxygen atoms in total. The van der Waals surface area contributed by atoms with Crippen molar-refractivity contribution >= 4 is 49.6 Å². The van der Waals surface area contributed by atoms with Gasteiger partial charge in [0, 0.05) is 0 Å². The number of rotatable bonds is 3. The van der Waals surface area contributed by atoms with E-state index in [2.05, 4.69) is 31.4 Å². The number of halogens is 1. The number of nitrogens with zero attached hydrogens (tertiary/aromatic N) is 2. The van der Waals surface area contributed by atoms with Crippen molar-refractivity contribution < 1.29 is 9.21 Å². The largest absolute Gasteiger partial charge is 0.444 e. The highest BCUT2D eigenvalue weighted by Gasteiger charge is 2.14. The predicted molar refractivity (Wildman–Crippen MR) is 77.6 cm³/mol. The van der Waals surface area contributed by atoms with Crippen LogP contribution in [0.3, 0.4) is 0 Å². The minimum atomic E-state index is -0.348. The average Bonchev–Trinajstić information content (AvgIpc) is 3.07. The van der Waals surface area contributed by atoms with E-state index in [9.17, 15) is 4.79 Å². The Bertz CT molecular complexity index is 705. The van der Waals surface area contributed by atoms with Gasteiger partial charge in [-0.15, -0.1) is 21.5 Å². The highest BCUT2D eigenvalue weighted by atomic mass is 79.9. The van der Waals surface area contributed by atoms with Gasteiger partial charge in [0.1, 0.15) is 0 Å². The topological polar surface area (TPSA) is 68.0 Å². The van der Waals surface area contributed by atoms with E-state index >= 15 is 0 Å². The van der Waals surface area contributed by atoms with Crippen LogP contribution in [-0.2, 0) is 0 Å². The normalized spacial score (nSPS) is 10.6. The standard InChI is InChI=1S/C11H6BrN3O2S2/c12-8-4-3-6(17-8)9(16)13-11-15-14-10(19-11)7-2-1-5-18-7/h1-5H,(H,13,15,16). The molecule has 3 aromatic rings. The van der Waals surface area contributed by atoms with Gasteiger partial charge in [-0.3, -0.25) is 10.1 Å². The molecule has 19 heavy (non-hydrogen) atoms. The molecule has 0 unspecified atom stereocenters. The number of anilines is 1. The van der Waals surface area contributed by atoms with Crippen LogP contribution in [0.4, 0.5) is 5.13 Å². The summed E-state index contributed by atoms with van der Waals surface area (Å²) in [5.41, 5.74) is 0. The summed E-state index contributed by atoms with van der Waals surface area (Å²) in [5, 5.41) is 13.8. The van der Waals surface area contributed by atoms with Crippen molar-refractivity contribution in [2.75, 3.05) is 5.32 Å². The molecule has 0 fully saturated rings. The summed E-state index contributed by atoms with van der Waals surface area (Å²) in [4.78, 5) is 12.9. The van der Waals surface area contributed by atoms with Gasteiger partial charge in [0.05, 0.1) is 4.88 Å². The zero-order chi connectivity index (χ0) is 13.2. The highest BCUT2D eigenvalue weighted by Crippen LogP contribution is 2.29. The van der Waals surface area contributed by atoms with E-state index in [1.165, 1.54) is 11.3 Å². The molecule has 3 rings (SSSR count). The fourth-order valence-electron chi connectivity index (χ4n) is 1.37. The van der Waals surface area contributed by atoms with Crippen LogP contribution in [0.15, 0.2) is 38.7 Å². The van der Waals surface area contributed by atoms with Gasteiger partial charge in [0.25, 0.3) is 5.91 Å². The first-order chi connectivity index (χ1) is 9.22. The molecule has 0 aromatic carbocycles. The van der Waals surface area contributed by atoms with Crippen LogP contribution in [0.5, 0.6) is 0 Å². The molecular weight excluding hydrogens is 350 g/mol. The van der Waals surface area contributed by atoms with E-state index < -0.39 is 0 Å². The summed E-state index contributed by atoms with van der Waals surface area (Å²) < 4.78 is 5.67. The fraction of sp³-hybridized carbons (Fsp3) is 0. The van der Waals surface area contributed by atoms with Gasteiger partial charge in [0.15, 0.2) is 15.4 Å². The molecule has 1 amide bonds. The lowest BCUT2D eigenvalue weighted by molar-refractivity contribution is 0.0995. The van der Waals surface area contributed by atoms with Crippen LogP contribution in [0.2, 0.25) is 0 Å². The number of furan rings is 1. The van der Waals surface area contributed by atoms with Crippen molar-refractivity contribution in [1.82, 2.24) is 10.2 Å². The number of carbonyl (C=O) groups excluding carboxylic acids is 1. The Labute approximate surface area is 124 Å². The molecule has 3 aromatic heterocycles. The molecule has 96 valence electrons. The van der Waals surface area contributed by atoms with Crippen molar-refractivity contribution in [2.45, 2.75) is 0 Å². The van der Waals surface area contributed by atoms with Crippen molar-refractivity contribution in [1.29, 1.82) is 0 Å². The Kier molecular flexibility index (Phi) is 3.45. The molecule has 0 aliphatic heterocycles. The van der Waals surface area contributed by atoms with Crippen LogP contribution in [0.1, 0.15) is 10.6 Å².